The van der Waals surface area contributed by atoms with Crippen LogP contribution >= 0.6 is 23.4 Å². The molecule has 0 unspecified atom stereocenters. The minimum atomic E-state index is -0.497. The van der Waals surface area contributed by atoms with Gasteiger partial charge in [-0.05, 0) is 36.1 Å². The average molecular weight is 392 g/mol. The van der Waals surface area contributed by atoms with E-state index in [2.05, 4.69) is 5.32 Å². The summed E-state index contributed by atoms with van der Waals surface area (Å²) in [7, 11) is 0. The average Bonchev–Trinajstić information content (AvgIpc) is 2.61. The van der Waals surface area contributed by atoms with Crippen molar-refractivity contribution in [3.8, 4) is 0 Å². The van der Waals surface area contributed by atoms with E-state index in [1.807, 2.05) is 6.26 Å². The van der Waals surface area contributed by atoms with Gasteiger partial charge in [0, 0.05) is 22.4 Å². The molecular formula is C19H18ClNO4S. The van der Waals surface area contributed by atoms with Crippen LogP contribution in [0.15, 0.2) is 47.4 Å². The van der Waals surface area contributed by atoms with Gasteiger partial charge in [0.1, 0.15) is 0 Å². The second kappa shape index (κ2) is 9.40. The van der Waals surface area contributed by atoms with Crippen molar-refractivity contribution in [3.63, 3.8) is 0 Å². The summed E-state index contributed by atoms with van der Waals surface area (Å²) >= 11 is 7.25. The summed E-state index contributed by atoms with van der Waals surface area (Å²) in [6.07, 6.45) is 1.94. The zero-order valence-electron chi connectivity index (χ0n) is 14.4. The molecule has 0 spiro atoms. The Kier molecular flexibility index (Phi) is 7.24. The number of hydrogen-bond donors (Lipinski definition) is 1. The van der Waals surface area contributed by atoms with E-state index < -0.39 is 5.97 Å². The van der Waals surface area contributed by atoms with Gasteiger partial charge in [0.05, 0.1) is 12.1 Å². The van der Waals surface area contributed by atoms with Crippen LogP contribution in [0.4, 0.5) is 5.69 Å². The minimum absolute atomic E-state index is 0.0625. The number of Topliss-reactive ketones (excluding diaryl/α,β-unsaturated/α-hetero) is 1. The van der Waals surface area contributed by atoms with E-state index in [1.165, 1.54) is 18.7 Å². The molecule has 26 heavy (non-hydrogen) atoms. The molecule has 0 bridgehead atoms. The fourth-order valence-corrected chi connectivity index (χ4v) is 2.88. The van der Waals surface area contributed by atoms with E-state index in [1.54, 1.807) is 42.5 Å². The van der Waals surface area contributed by atoms with Gasteiger partial charge < -0.3 is 10.1 Å². The lowest BCUT2D eigenvalue weighted by Gasteiger charge is -2.10. The molecule has 2 aromatic carbocycles. The lowest BCUT2D eigenvalue weighted by Crippen LogP contribution is -2.16. The van der Waals surface area contributed by atoms with Crippen molar-refractivity contribution in [2.75, 3.05) is 18.2 Å². The topological polar surface area (TPSA) is 72.5 Å². The van der Waals surface area contributed by atoms with Crippen LogP contribution in [0.5, 0.6) is 0 Å². The van der Waals surface area contributed by atoms with Gasteiger partial charge in [-0.15, -0.1) is 11.8 Å². The summed E-state index contributed by atoms with van der Waals surface area (Å²) in [5, 5.41) is 3.28. The highest BCUT2D eigenvalue weighted by molar-refractivity contribution is 7.98. The maximum absolute atomic E-state index is 12.3. The van der Waals surface area contributed by atoms with Crippen LogP contribution in [0.25, 0.3) is 0 Å². The number of anilines is 1. The SMILES string of the molecule is CSc1ccc(C(=O)COC(=O)Cc2ccc(Cl)cc2)cc1NC(C)=O. The second-order valence-electron chi connectivity index (χ2n) is 5.48. The summed E-state index contributed by atoms with van der Waals surface area (Å²) in [5.41, 5.74) is 1.68. The minimum Gasteiger partial charge on any atom is -0.457 e. The van der Waals surface area contributed by atoms with Gasteiger partial charge in [-0.25, -0.2) is 0 Å². The van der Waals surface area contributed by atoms with Gasteiger partial charge in [-0.1, -0.05) is 29.8 Å². The van der Waals surface area contributed by atoms with E-state index in [0.717, 1.165) is 10.5 Å². The summed E-state index contributed by atoms with van der Waals surface area (Å²) in [5.74, 6) is -1.06. The van der Waals surface area contributed by atoms with E-state index in [0.29, 0.717) is 16.3 Å². The maximum atomic E-state index is 12.3. The number of ether oxygens (including phenoxy) is 1. The van der Waals surface area contributed by atoms with Crippen molar-refractivity contribution >= 4 is 46.7 Å². The molecule has 7 heteroatoms. The first kappa shape index (κ1) is 20.0. The first-order chi connectivity index (χ1) is 12.4. The molecule has 0 aromatic heterocycles. The summed E-state index contributed by atoms with van der Waals surface area (Å²) in [4.78, 5) is 36.3. The number of ketones is 1. The molecule has 0 saturated heterocycles. The molecule has 1 N–H and O–H groups in total. The molecule has 0 aliphatic rings. The lowest BCUT2D eigenvalue weighted by molar-refractivity contribution is -0.141. The Hall–Kier alpha value is -2.31. The fourth-order valence-electron chi connectivity index (χ4n) is 2.22. The molecule has 1 amide bonds. The maximum Gasteiger partial charge on any atom is 0.310 e. The van der Waals surface area contributed by atoms with Crippen LogP contribution in [-0.2, 0) is 20.7 Å². The van der Waals surface area contributed by atoms with Gasteiger partial charge in [0.2, 0.25) is 5.91 Å². The first-order valence-electron chi connectivity index (χ1n) is 7.78. The van der Waals surface area contributed by atoms with Crippen LogP contribution in [0, 0.1) is 0 Å². The Bertz CT molecular complexity index is 821. The number of halogens is 1. The number of amides is 1. The molecule has 0 saturated carbocycles. The quantitative estimate of drug-likeness (QED) is 0.439. The molecule has 0 fully saturated rings. The Morgan fingerprint density at radius 3 is 2.42 bits per heavy atom. The van der Waals surface area contributed by atoms with Gasteiger partial charge in [0.15, 0.2) is 12.4 Å². The summed E-state index contributed by atoms with van der Waals surface area (Å²) in [6.45, 7) is 1.04. The Balaban J connectivity index is 1.97. The van der Waals surface area contributed by atoms with Crippen molar-refractivity contribution in [2.45, 2.75) is 18.2 Å². The van der Waals surface area contributed by atoms with Crippen LogP contribution in [-0.4, -0.2) is 30.5 Å². The predicted molar refractivity (Wildman–Crippen MR) is 103 cm³/mol. The largest absolute Gasteiger partial charge is 0.457 e. The summed E-state index contributed by atoms with van der Waals surface area (Å²) in [6, 6.07) is 11.8. The van der Waals surface area contributed by atoms with E-state index >= 15 is 0 Å². The normalized spacial score (nSPS) is 10.3. The van der Waals surface area contributed by atoms with Gasteiger partial charge >= 0.3 is 5.97 Å². The molecule has 2 rings (SSSR count). The highest BCUT2D eigenvalue weighted by Gasteiger charge is 2.13. The predicted octanol–water partition coefficient (Wildman–Crippen LogP) is 3.99. The van der Waals surface area contributed by atoms with E-state index in [-0.39, 0.29) is 24.7 Å². The van der Waals surface area contributed by atoms with Gasteiger partial charge in [0.25, 0.3) is 0 Å². The monoisotopic (exact) mass is 391 g/mol. The Morgan fingerprint density at radius 1 is 1.12 bits per heavy atom. The van der Waals surface area contributed by atoms with Crippen molar-refractivity contribution in [1.82, 2.24) is 0 Å². The number of esters is 1. The third-order valence-electron chi connectivity index (χ3n) is 3.46. The number of hydrogen-bond acceptors (Lipinski definition) is 5. The Labute approximate surface area is 161 Å². The zero-order chi connectivity index (χ0) is 19.1. The summed E-state index contributed by atoms with van der Waals surface area (Å²) < 4.78 is 5.06. The van der Waals surface area contributed by atoms with Crippen molar-refractivity contribution < 1.29 is 19.1 Å². The standard InChI is InChI=1S/C19H18ClNO4S/c1-12(22)21-16-10-14(5-8-18(16)26-2)17(23)11-25-19(24)9-13-3-6-15(20)7-4-13/h3-8,10H,9,11H2,1-2H3,(H,21,22). The number of carbonyl (C=O) groups excluding carboxylic acids is 3. The third-order valence-corrected chi connectivity index (χ3v) is 4.51. The Morgan fingerprint density at radius 2 is 1.81 bits per heavy atom. The highest BCUT2D eigenvalue weighted by Crippen LogP contribution is 2.26. The van der Waals surface area contributed by atoms with E-state index in [9.17, 15) is 14.4 Å². The molecular weight excluding hydrogens is 374 g/mol. The van der Waals surface area contributed by atoms with Crippen molar-refractivity contribution in [2.24, 2.45) is 0 Å². The molecule has 136 valence electrons. The molecule has 2 aromatic rings. The fraction of sp³-hybridized carbons (Fsp3) is 0.211. The number of thioether (sulfide) groups is 1. The number of benzene rings is 2. The lowest BCUT2D eigenvalue weighted by atomic mass is 10.1. The van der Waals surface area contributed by atoms with Gasteiger partial charge in [-0.3, -0.25) is 14.4 Å². The number of nitrogens with one attached hydrogen (secondary N) is 1. The van der Waals surface area contributed by atoms with Crippen molar-refractivity contribution in [1.29, 1.82) is 0 Å². The molecule has 0 aliphatic heterocycles. The molecule has 5 nitrogen and oxygen atoms in total. The molecule has 0 aliphatic carbocycles. The molecule has 0 radical (unpaired) electrons. The van der Waals surface area contributed by atoms with Crippen LogP contribution in [0.2, 0.25) is 5.02 Å². The molecule has 0 heterocycles. The van der Waals surface area contributed by atoms with Crippen LogP contribution in [0.3, 0.4) is 0 Å². The van der Waals surface area contributed by atoms with Crippen LogP contribution < -0.4 is 5.32 Å². The van der Waals surface area contributed by atoms with Gasteiger partial charge in [-0.2, -0.15) is 0 Å². The molecule has 0 atom stereocenters. The van der Waals surface area contributed by atoms with E-state index in [4.69, 9.17) is 16.3 Å². The van der Waals surface area contributed by atoms with Crippen molar-refractivity contribution in [3.05, 3.63) is 58.6 Å². The third kappa shape index (κ3) is 5.89. The highest BCUT2D eigenvalue weighted by atomic mass is 35.5. The number of carbonyl (C=O) groups is 3. The number of rotatable bonds is 7. The zero-order valence-corrected chi connectivity index (χ0v) is 15.9. The second-order valence-corrected chi connectivity index (χ2v) is 6.77. The van der Waals surface area contributed by atoms with Crippen LogP contribution in [0.1, 0.15) is 22.8 Å². The smallest absolute Gasteiger partial charge is 0.310 e. The first-order valence-corrected chi connectivity index (χ1v) is 9.38.